The van der Waals surface area contributed by atoms with Crippen molar-refractivity contribution >= 4 is 84.4 Å². The molecule has 0 aromatic heterocycles. The van der Waals surface area contributed by atoms with Gasteiger partial charge in [-0.1, -0.05) is 18.2 Å². The van der Waals surface area contributed by atoms with E-state index in [1.807, 2.05) is 12.1 Å². The van der Waals surface area contributed by atoms with E-state index in [0.29, 0.717) is 35.6 Å². The average molecular weight is 1280 g/mol. The first-order chi connectivity index (χ1) is 42.2. The number of amides is 4. The van der Waals surface area contributed by atoms with Crippen LogP contribution in [0.3, 0.4) is 0 Å². The molecule has 0 saturated carbocycles. The van der Waals surface area contributed by atoms with Gasteiger partial charge in [0.2, 0.25) is 17.7 Å². The second-order valence-electron chi connectivity index (χ2n) is 21.8. The van der Waals surface area contributed by atoms with Crippen molar-refractivity contribution < 1.29 is 166 Å². The summed E-state index contributed by atoms with van der Waals surface area (Å²) in [4.78, 5) is 61.7. The first-order valence-corrected chi connectivity index (χ1v) is 28.0. The average Bonchev–Trinajstić information content (AvgIpc) is 1.16. The summed E-state index contributed by atoms with van der Waals surface area (Å²) < 4.78 is 60.7. The molecule has 37 heteroatoms. The molecule has 7 aliphatic heterocycles. The number of nitrogen functional groups attached to an aromatic ring is 1. The third kappa shape index (κ3) is 16.7. The predicted octanol–water partition coefficient (Wildman–Crippen LogP) is -12.8. The Morgan fingerprint density at radius 3 is 1.47 bits per heavy atom. The smallest absolute Gasteiger partial charge is 0.547 e. The van der Waals surface area contributed by atoms with Crippen LogP contribution in [-0.4, -0.2) is 250 Å². The molecule has 0 aliphatic carbocycles. The number of aliphatic carboxylic acids is 1. The van der Waals surface area contributed by atoms with Crippen LogP contribution >= 0.6 is 0 Å². The van der Waals surface area contributed by atoms with Gasteiger partial charge in [0, 0.05) is 44.9 Å². The Labute approximate surface area is 537 Å². The van der Waals surface area contributed by atoms with Crippen molar-refractivity contribution in [2.45, 2.75) is 170 Å². The molecule has 486 valence electrons. The molecule has 17 N–H and O–H groups in total. The number of carbonyl (C=O) groups excluding carboxylic acids is 5. The van der Waals surface area contributed by atoms with Crippen LogP contribution < -0.4 is 78.1 Å². The number of carboxylic acids is 1. The Kier molecular flexibility index (Phi) is 25.7. The number of aliphatic hydroxyl groups is 8. The van der Waals surface area contributed by atoms with Crippen LogP contribution in [-0.2, 0) is 95.7 Å². The monoisotopic (exact) mass is 1280 g/mol. The topological polar surface area (TPSA) is 507 Å². The summed E-state index contributed by atoms with van der Waals surface area (Å²) >= 11 is 0. The number of anilines is 3. The molecular formula is C53H71B3N5NaO28. The van der Waals surface area contributed by atoms with Crippen LogP contribution in [0.5, 0.6) is 0 Å². The van der Waals surface area contributed by atoms with Crippen LogP contribution in [0, 0.1) is 0 Å². The number of carbonyl (C=O) groups is 5. The second kappa shape index (κ2) is 31.8. The number of fused-ring (bicyclic) bond motifs is 3. The number of benzene rings is 3. The maximum Gasteiger partial charge on any atom is 1.00 e. The molecule has 0 radical (unpaired) electrons. The predicted molar refractivity (Wildman–Crippen MR) is 300 cm³/mol. The van der Waals surface area contributed by atoms with Crippen molar-refractivity contribution in [3.05, 3.63) is 71.3 Å². The summed E-state index contributed by atoms with van der Waals surface area (Å²) in [5.41, 5.74) is 11.6. The number of hydrogen-bond donors (Lipinski definition) is 16. The molecule has 7 heterocycles. The molecule has 3 aromatic rings. The van der Waals surface area contributed by atoms with Gasteiger partial charge in [-0.2, -0.15) is 0 Å². The van der Waals surface area contributed by atoms with Crippen molar-refractivity contribution in [1.29, 1.82) is 0 Å². The van der Waals surface area contributed by atoms with Gasteiger partial charge < -0.3 is 145 Å². The fourth-order valence-electron chi connectivity index (χ4n) is 11.0. The zero-order chi connectivity index (χ0) is 64.9. The molecule has 20 atom stereocenters. The van der Waals surface area contributed by atoms with Crippen LogP contribution in [0.2, 0.25) is 0 Å². The minimum atomic E-state index is -2.35. The maximum absolute atomic E-state index is 13.6. The van der Waals surface area contributed by atoms with E-state index in [1.165, 1.54) is 26.0 Å². The van der Waals surface area contributed by atoms with Gasteiger partial charge in [0.1, 0.15) is 85.4 Å². The normalized spacial score (nSPS) is 33.3. The van der Waals surface area contributed by atoms with Crippen LogP contribution in [0.25, 0.3) is 0 Å². The van der Waals surface area contributed by atoms with Gasteiger partial charge in [-0.15, -0.1) is 0 Å². The number of nitrogens with one attached hydrogen (secondary N) is 4. The molecule has 33 nitrogen and oxygen atoms in total. The van der Waals surface area contributed by atoms with Crippen LogP contribution in [0.1, 0.15) is 44.4 Å². The van der Waals surface area contributed by atoms with Gasteiger partial charge in [0.05, 0.1) is 51.1 Å². The summed E-state index contributed by atoms with van der Waals surface area (Å²) in [5.74, 6) is -4.55. The molecule has 3 aromatic carbocycles. The third-order valence-corrected chi connectivity index (χ3v) is 15.5. The second-order valence-corrected chi connectivity index (χ2v) is 21.8. The van der Waals surface area contributed by atoms with Gasteiger partial charge in [-0.3, -0.25) is 19.2 Å². The number of methoxy groups -OCH3 is 1. The Balaban J connectivity index is 0.000000360. The largest absolute Gasteiger partial charge is 1.00 e. The van der Waals surface area contributed by atoms with Gasteiger partial charge in [0.25, 0.3) is 5.91 Å². The van der Waals surface area contributed by atoms with E-state index in [2.05, 4.69) is 21.3 Å². The Bertz CT molecular complexity index is 2990. The number of rotatable bonds is 15. The van der Waals surface area contributed by atoms with Crippen LogP contribution in [0.15, 0.2) is 54.6 Å². The van der Waals surface area contributed by atoms with E-state index in [-0.39, 0.29) is 47.8 Å². The fraction of sp³-hybridized carbons (Fsp3) is 0.566. The Morgan fingerprint density at radius 1 is 0.556 bits per heavy atom. The molecule has 0 spiro atoms. The molecule has 8 unspecified atom stereocenters. The minimum absolute atomic E-state index is 0. The van der Waals surface area contributed by atoms with E-state index < -0.39 is 181 Å². The van der Waals surface area contributed by atoms with E-state index in [4.69, 9.17) is 57.6 Å². The molecule has 4 fully saturated rings. The summed E-state index contributed by atoms with van der Waals surface area (Å²) in [5, 5.41) is 139. The number of ether oxygens (including phenoxy) is 8. The van der Waals surface area contributed by atoms with Crippen LogP contribution in [0.4, 0.5) is 17.1 Å². The van der Waals surface area contributed by atoms with Crippen molar-refractivity contribution in [2.24, 2.45) is 0 Å². The summed E-state index contributed by atoms with van der Waals surface area (Å²) in [6, 6.07) is 12.4. The van der Waals surface area contributed by atoms with Crippen molar-refractivity contribution in [3.8, 4) is 0 Å². The molecular weight excluding hydrogens is 1210 g/mol. The number of carboxylic acid groups (broad SMARTS) is 1. The molecule has 4 saturated heterocycles. The Morgan fingerprint density at radius 2 is 0.989 bits per heavy atom. The maximum atomic E-state index is 13.6. The van der Waals surface area contributed by atoms with E-state index in [0.717, 1.165) is 43.0 Å². The molecule has 10 rings (SSSR count). The van der Waals surface area contributed by atoms with Crippen molar-refractivity contribution in [1.82, 2.24) is 10.6 Å². The molecule has 0 bridgehead atoms. The summed E-state index contributed by atoms with van der Waals surface area (Å²) in [6.45, 7) is 4.41. The zero-order valence-electron chi connectivity index (χ0n) is 49.4. The molecule has 7 aliphatic rings. The first-order valence-electron chi connectivity index (χ1n) is 28.0. The number of hydrogen-bond acceptors (Lipinski definition) is 29. The van der Waals surface area contributed by atoms with Crippen molar-refractivity contribution in [3.63, 3.8) is 0 Å². The van der Waals surface area contributed by atoms with Gasteiger partial charge in [-0.05, 0) is 76.4 Å². The summed E-state index contributed by atoms with van der Waals surface area (Å²) in [7, 11) is -1.77. The van der Waals surface area contributed by atoms with E-state index >= 15 is 0 Å². The zero-order valence-corrected chi connectivity index (χ0v) is 51.4. The molecule has 90 heavy (non-hydrogen) atoms. The van der Waals surface area contributed by atoms with Gasteiger partial charge in [0.15, 0.2) is 25.0 Å². The number of aliphatic hydroxyl groups excluding tert-OH is 8. The minimum Gasteiger partial charge on any atom is -0.547 e. The third-order valence-electron chi connectivity index (χ3n) is 15.5. The SMILES string of the molecule is CC(=O)Nc1ccc2c(c1)B(O)OC2.CO[C@H]1C(O)C(O)[C@H](O[C@@H]2C(NC(C)=O)[C@H](O[C@H]3C(O)C(O)[C@H](O[C@@H]4C(NC(C)=O)[C@H](C)OC(CO)[C@H]4O)O[C@H]3C(=O)[O-])OC(CO)[C@H]2O)O[C@H]1C(=O)Nc1ccc2c(c1)B(O)OC2.Nc1ccc2c(c1)B(O)OC2.[Na+]. The van der Waals surface area contributed by atoms with Gasteiger partial charge in [-0.25, -0.2) is 0 Å². The van der Waals surface area contributed by atoms with Gasteiger partial charge >= 0.3 is 50.9 Å². The number of nitrogens with two attached hydrogens (primary N) is 1. The fourth-order valence-corrected chi connectivity index (χ4v) is 11.0. The summed E-state index contributed by atoms with van der Waals surface area (Å²) in [6.07, 6.45) is -33.3. The first kappa shape index (κ1) is 72.5. The Hall–Kier alpha value is -4.88. The quantitative estimate of drug-likeness (QED) is 0.0496. The van der Waals surface area contributed by atoms with E-state index in [9.17, 15) is 85.0 Å². The molecule has 4 amide bonds. The van der Waals surface area contributed by atoms with E-state index in [1.54, 1.807) is 30.3 Å². The standard InChI is InChI=1S/C37H54BN3O23.C9H10BNO3.C7H8BNO2.Na/c1-11-19(39-12(2)44)27(21(46)17(8-42)58-11)60-37-26(51)24(49)30(32(64-37)34(53)54)62-35-20(40-13(3)45)28(22(47)18(9-43)59-35)61-36-25(50)23(48)29(56-4)31(63-36)33(52)41-15-6-5-14-10-57-38(55)16(14)7-15;1-6(12)11-8-3-2-7-5-14-10(13)9(7)4-8;9-6-2-1-5-4-11-8(10)7(5)3-6;/h5-7,11,17-32,35-37,42-43,46-51,55H,8-10H2,1-4H3,(H,39,44)(H,40,45)(H,41,52)(H,53,54);2-4,13H,5H2,1H3,(H,11,12);1-3,10H,4,9H2;/q;;;+1/p-1/t11-,17?,18?,19?,20?,21+,22+,23?,24?,25?,26?,27+,28+,29-,30-,31+,32+,35-,36+,37+;;;/m0.../s1. The van der Waals surface area contributed by atoms with Crippen molar-refractivity contribution in [2.75, 3.05) is 36.7 Å².